The molecule has 1 nitrogen and oxygen atoms in total. The van der Waals surface area contributed by atoms with Crippen molar-refractivity contribution in [2.45, 2.75) is 32.1 Å². The van der Waals surface area contributed by atoms with Crippen molar-refractivity contribution in [1.82, 2.24) is 0 Å². The Kier molecular flexibility index (Phi) is 1.74. The van der Waals surface area contributed by atoms with Crippen molar-refractivity contribution in [2.24, 2.45) is 16.8 Å². The van der Waals surface area contributed by atoms with E-state index in [1.54, 1.807) is 0 Å². The van der Waals surface area contributed by atoms with Crippen molar-refractivity contribution in [3.05, 3.63) is 0 Å². The number of rotatable bonds is 1. The Morgan fingerprint density at radius 2 is 1.90 bits per heavy atom. The van der Waals surface area contributed by atoms with Crippen LogP contribution in [0.1, 0.15) is 32.1 Å². The minimum Gasteiger partial charge on any atom is -0.297 e. The third kappa shape index (κ3) is 1.09. The Hall–Kier alpha value is -0.330. The van der Waals surface area contributed by atoms with E-state index in [4.69, 9.17) is 0 Å². The standard InChI is InChI=1S/C9H15N/c1-2-4-8(3-1)9-5-6-10-7-9/h7-9H,1-6H2. The van der Waals surface area contributed by atoms with E-state index in [2.05, 4.69) is 11.2 Å². The van der Waals surface area contributed by atoms with Crippen LogP contribution >= 0.6 is 0 Å². The lowest BCUT2D eigenvalue weighted by Crippen LogP contribution is -2.09. The van der Waals surface area contributed by atoms with E-state index in [1.807, 2.05) is 0 Å². The minimum absolute atomic E-state index is 0.863. The summed E-state index contributed by atoms with van der Waals surface area (Å²) in [7, 11) is 0. The van der Waals surface area contributed by atoms with Gasteiger partial charge in [-0.2, -0.15) is 0 Å². The molecular formula is C9H15N. The second-order valence-electron chi connectivity index (χ2n) is 3.55. The highest BCUT2D eigenvalue weighted by atomic mass is 14.7. The van der Waals surface area contributed by atoms with Crippen molar-refractivity contribution in [2.75, 3.05) is 6.54 Å². The highest BCUT2D eigenvalue weighted by Crippen LogP contribution is 2.33. The molecule has 0 aromatic carbocycles. The lowest BCUT2D eigenvalue weighted by atomic mass is 9.91. The lowest BCUT2D eigenvalue weighted by Gasteiger charge is -2.13. The Labute approximate surface area is 62.5 Å². The summed E-state index contributed by atoms with van der Waals surface area (Å²) in [6.45, 7) is 1.10. The molecule has 1 atom stereocenters. The first-order chi connectivity index (χ1) is 4.97. The molecule has 1 heteroatoms. The van der Waals surface area contributed by atoms with Gasteiger partial charge in [0.15, 0.2) is 0 Å². The molecule has 1 saturated carbocycles. The maximum atomic E-state index is 4.28. The molecule has 0 bridgehead atoms. The molecule has 56 valence electrons. The normalized spacial score (nSPS) is 33.8. The number of nitrogens with zero attached hydrogens (tertiary/aromatic N) is 1. The maximum absolute atomic E-state index is 4.28. The summed E-state index contributed by atoms with van der Waals surface area (Å²) in [6, 6.07) is 0. The third-order valence-corrected chi connectivity index (χ3v) is 2.89. The molecule has 0 N–H and O–H groups in total. The molecular weight excluding hydrogens is 122 g/mol. The molecule has 0 amide bonds. The first kappa shape index (κ1) is 6.38. The van der Waals surface area contributed by atoms with E-state index in [0.717, 1.165) is 18.4 Å². The van der Waals surface area contributed by atoms with Gasteiger partial charge in [-0.15, -0.1) is 0 Å². The zero-order valence-electron chi connectivity index (χ0n) is 6.42. The highest BCUT2D eigenvalue weighted by Gasteiger charge is 2.24. The van der Waals surface area contributed by atoms with E-state index < -0.39 is 0 Å². The van der Waals surface area contributed by atoms with Crippen LogP contribution in [-0.4, -0.2) is 12.8 Å². The molecule has 0 aromatic rings. The van der Waals surface area contributed by atoms with Gasteiger partial charge in [-0.3, -0.25) is 4.99 Å². The molecule has 1 heterocycles. The van der Waals surface area contributed by atoms with Gasteiger partial charge in [0.25, 0.3) is 0 Å². The van der Waals surface area contributed by atoms with Gasteiger partial charge in [0.2, 0.25) is 0 Å². The summed E-state index contributed by atoms with van der Waals surface area (Å²) < 4.78 is 0. The molecule has 0 saturated heterocycles. The van der Waals surface area contributed by atoms with Crippen LogP contribution in [0, 0.1) is 11.8 Å². The predicted octanol–water partition coefficient (Wildman–Crippen LogP) is 2.27. The predicted molar refractivity (Wildman–Crippen MR) is 43.4 cm³/mol. The van der Waals surface area contributed by atoms with E-state index in [-0.39, 0.29) is 0 Å². The molecule has 1 aliphatic carbocycles. The van der Waals surface area contributed by atoms with Crippen molar-refractivity contribution in [3.63, 3.8) is 0 Å². The topological polar surface area (TPSA) is 12.4 Å². The Morgan fingerprint density at radius 3 is 2.50 bits per heavy atom. The van der Waals surface area contributed by atoms with E-state index in [0.29, 0.717) is 0 Å². The average molecular weight is 137 g/mol. The summed E-state index contributed by atoms with van der Waals surface area (Å²) >= 11 is 0. The Balaban J connectivity index is 1.91. The van der Waals surface area contributed by atoms with Gasteiger partial charge in [0.05, 0.1) is 0 Å². The fraction of sp³-hybridized carbons (Fsp3) is 0.889. The van der Waals surface area contributed by atoms with Crippen LogP contribution < -0.4 is 0 Å². The molecule has 1 aliphatic heterocycles. The van der Waals surface area contributed by atoms with E-state index >= 15 is 0 Å². The fourth-order valence-corrected chi connectivity index (χ4v) is 2.25. The summed E-state index contributed by atoms with van der Waals surface area (Å²) in [5.41, 5.74) is 0. The quantitative estimate of drug-likeness (QED) is 0.525. The van der Waals surface area contributed by atoms with Crippen LogP contribution in [0.4, 0.5) is 0 Å². The number of hydrogen-bond acceptors (Lipinski definition) is 1. The van der Waals surface area contributed by atoms with Gasteiger partial charge in [-0.1, -0.05) is 12.8 Å². The van der Waals surface area contributed by atoms with Crippen molar-refractivity contribution in [1.29, 1.82) is 0 Å². The number of aliphatic imine (C=N–C) groups is 1. The smallest absolute Gasteiger partial charge is 0.0391 e. The van der Waals surface area contributed by atoms with E-state index in [1.165, 1.54) is 32.1 Å². The minimum atomic E-state index is 0.863. The molecule has 1 unspecified atom stereocenters. The van der Waals surface area contributed by atoms with Gasteiger partial charge in [0.1, 0.15) is 0 Å². The van der Waals surface area contributed by atoms with E-state index in [9.17, 15) is 0 Å². The summed E-state index contributed by atoms with van der Waals surface area (Å²) in [4.78, 5) is 4.28. The van der Waals surface area contributed by atoms with Gasteiger partial charge in [-0.05, 0) is 31.1 Å². The number of hydrogen-bond donors (Lipinski definition) is 0. The summed E-state index contributed by atoms with van der Waals surface area (Å²) in [5, 5.41) is 0. The summed E-state index contributed by atoms with van der Waals surface area (Å²) in [5.74, 6) is 1.87. The SMILES string of the molecule is C1=NCCC1C1CCCC1. The average Bonchev–Trinajstić information content (AvgIpc) is 2.59. The molecule has 10 heavy (non-hydrogen) atoms. The monoisotopic (exact) mass is 137 g/mol. The zero-order chi connectivity index (χ0) is 6.81. The fourth-order valence-electron chi connectivity index (χ4n) is 2.25. The third-order valence-electron chi connectivity index (χ3n) is 2.89. The van der Waals surface area contributed by atoms with Crippen molar-refractivity contribution in [3.8, 4) is 0 Å². The molecule has 0 spiro atoms. The van der Waals surface area contributed by atoms with Gasteiger partial charge >= 0.3 is 0 Å². The molecule has 0 radical (unpaired) electrons. The first-order valence-corrected chi connectivity index (χ1v) is 4.47. The highest BCUT2D eigenvalue weighted by molar-refractivity contribution is 5.63. The second-order valence-corrected chi connectivity index (χ2v) is 3.55. The maximum Gasteiger partial charge on any atom is 0.0391 e. The van der Waals surface area contributed by atoms with Crippen LogP contribution in [-0.2, 0) is 0 Å². The molecule has 0 aromatic heterocycles. The molecule has 2 rings (SSSR count). The van der Waals surface area contributed by atoms with Gasteiger partial charge in [-0.25, -0.2) is 0 Å². The zero-order valence-corrected chi connectivity index (χ0v) is 6.42. The first-order valence-electron chi connectivity index (χ1n) is 4.47. The van der Waals surface area contributed by atoms with Gasteiger partial charge in [0, 0.05) is 12.8 Å². The van der Waals surface area contributed by atoms with Gasteiger partial charge < -0.3 is 0 Å². The van der Waals surface area contributed by atoms with Crippen LogP contribution in [0.2, 0.25) is 0 Å². The second kappa shape index (κ2) is 2.73. The largest absolute Gasteiger partial charge is 0.297 e. The molecule has 2 aliphatic rings. The van der Waals surface area contributed by atoms with Crippen LogP contribution in [0.5, 0.6) is 0 Å². The van der Waals surface area contributed by atoms with Crippen LogP contribution in [0.15, 0.2) is 4.99 Å². The van der Waals surface area contributed by atoms with Crippen molar-refractivity contribution >= 4 is 6.21 Å². The van der Waals surface area contributed by atoms with Crippen molar-refractivity contribution < 1.29 is 0 Å². The Morgan fingerprint density at radius 1 is 1.10 bits per heavy atom. The molecule has 1 fully saturated rings. The van der Waals surface area contributed by atoms with Crippen LogP contribution in [0.25, 0.3) is 0 Å². The lowest BCUT2D eigenvalue weighted by molar-refractivity contribution is 0.432. The Bertz CT molecular complexity index is 134. The van der Waals surface area contributed by atoms with Crippen LogP contribution in [0.3, 0.4) is 0 Å². The summed E-state index contributed by atoms with van der Waals surface area (Å²) in [6.07, 6.45) is 9.41.